The maximum absolute atomic E-state index is 5.95. The Morgan fingerprint density at radius 2 is 2.08 bits per heavy atom. The van der Waals surface area contributed by atoms with Crippen LogP contribution in [0.5, 0.6) is 0 Å². The fraction of sp³-hybridized carbons (Fsp3) is 0.818. The van der Waals surface area contributed by atoms with Crippen LogP contribution in [0.4, 0.5) is 0 Å². The van der Waals surface area contributed by atoms with Gasteiger partial charge in [0.1, 0.15) is 0 Å². The molecule has 0 aromatic heterocycles. The Morgan fingerprint density at radius 3 is 2.50 bits per heavy atom. The van der Waals surface area contributed by atoms with Crippen molar-refractivity contribution in [1.82, 2.24) is 0 Å². The summed E-state index contributed by atoms with van der Waals surface area (Å²) in [5.74, 6) is 0.650. The third-order valence-electron chi connectivity index (χ3n) is 2.55. The van der Waals surface area contributed by atoms with Crippen molar-refractivity contribution in [3.63, 3.8) is 0 Å². The van der Waals surface area contributed by atoms with Gasteiger partial charge in [-0.15, -0.1) is 0 Å². The van der Waals surface area contributed by atoms with E-state index in [1.807, 2.05) is 0 Å². The topological polar surface area (TPSA) is 26.0 Å². The van der Waals surface area contributed by atoms with Crippen molar-refractivity contribution in [3.05, 3.63) is 11.6 Å². The van der Waals surface area contributed by atoms with Gasteiger partial charge in [-0.2, -0.15) is 0 Å². The van der Waals surface area contributed by atoms with Gasteiger partial charge < -0.3 is 5.73 Å². The van der Waals surface area contributed by atoms with Crippen molar-refractivity contribution >= 4 is 0 Å². The summed E-state index contributed by atoms with van der Waals surface area (Å²) < 4.78 is 0. The molecule has 72 valence electrons. The molecule has 1 nitrogen and oxygen atoms in total. The third-order valence-corrected chi connectivity index (χ3v) is 2.55. The first-order valence-corrected chi connectivity index (χ1v) is 5.00. The van der Waals surface area contributed by atoms with Crippen molar-refractivity contribution in [2.75, 3.05) is 0 Å². The van der Waals surface area contributed by atoms with E-state index in [2.05, 4.69) is 33.8 Å². The second-order valence-corrected chi connectivity index (χ2v) is 3.72. The molecule has 0 aromatic rings. The average Bonchev–Trinajstić information content (AvgIpc) is 2.03. The Morgan fingerprint density at radius 1 is 1.50 bits per heavy atom. The first-order valence-electron chi connectivity index (χ1n) is 5.00. The molecule has 0 bridgehead atoms. The molecule has 0 saturated carbocycles. The van der Waals surface area contributed by atoms with Gasteiger partial charge in [0.05, 0.1) is 0 Å². The maximum Gasteiger partial charge on any atom is 0.00443 e. The molecule has 0 heterocycles. The fourth-order valence-electron chi connectivity index (χ4n) is 1.41. The van der Waals surface area contributed by atoms with E-state index in [1.165, 1.54) is 12.0 Å². The number of allylic oxidation sites excluding steroid dienone is 2. The van der Waals surface area contributed by atoms with Crippen LogP contribution in [0, 0.1) is 5.92 Å². The van der Waals surface area contributed by atoms with E-state index in [1.54, 1.807) is 0 Å². The van der Waals surface area contributed by atoms with Crippen LogP contribution in [0.2, 0.25) is 0 Å². The highest BCUT2D eigenvalue weighted by Gasteiger charge is 2.08. The molecule has 0 radical (unpaired) electrons. The lowest BCUT2D eigenvalue weighted by Gasteiger charge is -2.17. The molecule has 1 heteroatoms. The smallest absolute Gasteiger partial charge is 0.00443 e. The average molecular weight is 169 g/mol. The highest BCUT2D eigenvalue weighted by atomic mass is 14.6. The zero-order valence-electron chi connectivity index (χ0n) is 8.93. The van der Waals surface area contributed by atoms with Crippen LogP contribution in [0.15, 0.2) is 11.6 Å². The molecule has 1 unspecified atom stereocenters. The van der Waals surface area contributed by atoms with E-state index in [-0.39, 0.29) is 0 Å². The minimum absolute atomic E-state index is 0.389. The zero-order valence-corrected chi connectivity index (χ0v) is 8.93. The van der Waals surface area contributed by atoms with Crippen molar-refractivity contribution in [2.45, 2.75) is 53.0 Å². The minimum Gasteiger partial charge on any atom is -0.328 e. The minimum atomic E-state index is 0.389. The predicted molar refractivity (Wildman–Crippen MR) is 56.1 cm³/mol. The number of nitrogens with two attached hydrogens (primary N) is 1. The monoisotopic (exact) mass is 169 g/mol. The van der Waals surface area contributed by atoms with Gasteiger partial charge in [-0.25, -0.2) is 0 Å². The summed E-state index contributed by atoms with van der Waals surface area (Å²) in [7, 11) is 0. The van der Waals surface area contributed by atoms with Gasteiger partial charge in [-0.05, 0) is 32.6 Å². The lowest BCUT2D eigenvalue weighted by Crippen LogP contribution is -2.22. The van der Waals surface area contributed by atoms with E-state index in [0.29, 0.717) is 12.0 Å². The van der Waals surface area contributed by atoms with E-state index < -0.39 is 0 Å². The molecular weight excluding hydrogens is 146 g/mol. The maximum atomic E-state index is 5.95. The Labute approximate surface area is 77.0 Å². The molecule has 0 rings (SSSR count). The molecule has 0 fully saturated rings. The molecule has 0 amide bonds. The predicted octanol–water partition coefficient (Wildman–Crippen LogP) is 3.11. The number of hydrogen-bond acceptors (Lipinski definition) is 1. The van der Waals surface area contributed by atoms with Gasteiger partial charge in [0.25, 0.3) is 0 Å². The van der Waals surface area contributed by atoms with Gasteiger partial charge in [0.15, 0.2) is 0 Å². The number of hydrogen-bond donors (Lipinski definition) is 1. The normalized spacial score (nSPS) is 17.6. The Bertz CT molecular complexity index is 138. The second kappa shape index (κ2) is 6.24. The van der Waals surface area contributed by atoms with E-state index in [0.717, 1.165) is 12.8 Å². The molecule has 0 spiro atoms. The van der Waals surface area contributed by atoms with Crippen LogP contribution >= 0.6 is 0 Å². The van der Waals surface area contributed by atoms with Crippen molar-refractivity contribution in [1.29, 1.82) is 0 Å². The van der Waals surface area contributed by atoms with Crippen LogP contribution in [-0.2, 0) is 0 Å². The van der Waals surface area contributed by atoms with Crippen LogP contribution in [0.3, 0.4) is 0 Å². The summed E-state index contributed by atoms with van der Waals surface area (Å²) in [6, 6.07) is 0.389. The Hall–Kier alpha value is -0.300. The summed E-state index contributed by atoms with van der Waals surface area (Å²) in [6.45, 7) is 8.72. The zero-order chi connectivity index (χ0) is 9.56. The summed E-state index contributed by atoms with van der Waals surface area (Å²) in [5.41, 5.74) is 7.41. The van der Waals surface area contributed by atoms with Crippen molar-refractivity contribution < 1.29 is 0 Å². The summed E-state index contributed by atoms with van der Waals surface area (Å²) in [6.07, 6.45) is 5.66. The van der Waals surface area contributed by atoms with Gasteiger partial charge >= 0.3 is 0 Å². The number of rotatable bonds is 5. The van der Waals surface area contributed by atoms with Gasteiger partial charge in [0, 0.05) is 6.04 Å². The summed E-state index contributed by atoms with van der Waals surface area (Å²) >= 11 is 0. The van der Waals surface area contributed by atoms with E-state index >= 15 is 0 Å². The van der Waals surface area contributed by atoms with Gasteiger partial charge in [0.2, 0.25) is 0 Å². The fourth-order valence-corrected chi connectivity index (χ4v) is 1.41. The first-order chi connectivity index (χ1) is 5.61. The Kier molecular flexibility index (Phi) is 6.09. The van der Waals surface area contributed by atoms with Crippen molar-refractivity contribution in [2.24, 2.45) is 11.7 Å². The molecule has 2 atom stereocenters. The molecule has 2 N–H and O–H groups in total. The molecule has 0 saturated heterocycles. The second-order valence-electron chi connectivity index (χ2n) is 3.72. The summed E-state index contributed by atoms with van der Waals surface area (Å²) in [5, 5.41) is 0. The highest BCUT2D eigenvalue weighted by Crippen LogP contribution is 2.16. The quantitative estimate of drug-likeness (QED) is 0.629. The SMILES string of the molecule is C/C=C(/C)C(C)C[C@@H](N)CCC. The summed E-state index contributed by atoms with van der Waals surface area (Å²) in [4.78, 5) is 0. The van der Waals surface area contributed by atoms with Crippen LogP contribution < -0.4 is 5.73 Å². The molecule has 12 heavy (non-hydrogen) atoms. The molecule has 0 aliphatic heterocycles. The van der Waals surface area contributed by atoms with E-state index in [9.17, 15) is 0 Å². The van der Waals surface area contributed by atoms with Gasteiger partial charge in [-0.3, -0.25) is 0 Å². The molecule has 0 aliphatic rings. The van der Waals surface area contributed by atoms with Crippen LogP contribution in [0.25, 0.3) is 0 Å². The van der Waals surface area contributed by atoms with E-state index in [4.69, 9.17) is 5.73 Å². The van der Waals surface area contributed by atoms with Crippen LogP contribution in [0.1, 0.15) is 47.0 Å². The molecule has 0 aliphatic carbocycles. The lowest BCUT2D eigenvalue weighted by atomic mass is 9.93. The third kappa shape index (κ3) is 4.55. The lowest BCUT2D eigenvalue weighted by molar-refractivity contribution is 0.484. The van der Waals surface area contributed by atoms with Crippen molar-refractivity contribution in [3.8, 4) is 0 Å². The first kappa shape index (κ1) is 11.7. The Balaban J connectivity index is 3.75. The molecular formula is C11H23N. The van der Waals surface area contributed by atoms with Crippen LogP contribution in [-0.4, -0.2) is 6.04 Å². The standard InChI is InChI=1S/C11H23N/c1-5-7-11(12)8-10(4)9(3)6-2/h6,10-11H,5,7-8,12H2,1-4H3/b9-6-/t10?,11-/m0/s1. The largest absolute Gasteiger partial charge is 0.328 e. The highest BCUT2D eigenvalue weighted by molar-refractivity contribution is 5.00. The van der Waals surface area contributed by atoms with Gasteiger partial charge in [-0.1, -0.05) is 31.9 Å². The molecule has 0 aromatic carbocycles.